The van der Waals surface area contributed by atoms with Gasteiger partial charge in [0.1, 0.15) is 5.01 Å². The van der Waals surface area contributed by atoms with E-state index in [9.17, 15) is 9.00 Å². The highest BCUT2D eigenvalue weighted by molar-refractivity contribution is 7.86. The Balaban J connectivity index is 1.42. The number of aldehydes is 1. The normalized spacial score (nSPS) is 19.2. The van der Waals surface area contributed by atoms with E-state index in [2.05, 4.69) is 34.2 Å². The van der Waals surface area contributed by atoms with Crippen molar-refractivity contribution in [1.82, 2.24) is 9.97 Å². The molecule has 0 bridgehead atoms. The molecule has 5 nitrogen and oxygen atoms in total. The lowest BCUT2D eigenvalue weighted by Gasteiger charge is -2.27. The fourth-order valence-corrected chi connectivity index (χ4v) is 6.34. The molecule has 3 heterocycles. The summed E-state index contributed by atoms with van der Waals surface area (Å²) in [5.74, 6) is 0.845. The molecule has 31 heavy (non-hydrogen) atoms. The van der Waals surface area contributed by atoms with E-state index in [1.54, 1.807) is 6.20 Å². The minimum absolute atomic E-state index is 0.228. The van der Waals surface area contributed by atoms with Gasteiger partial charge in [-0.3, -0.25) is 9.00 Å². The molecule has 2 atom stereocenters. The first-order chi connectivity index (χ1) is 15.2. The minimum atomic E-state index is -0.875. The van der Waals surface area contributed by atoms with E-state index in [1.807, 2.05) is 12.1 Å². The SMILES string of the molecule is O=Cc1cnc(-c2ccc(C(CC3CCOCC3)c3ccc(S(=O)C4CC4)cc3)[nH]2)s1. The fourth-order valence-electron chi connectivity index (χ4n) is 4.27. The van der Waals surface area contributed by atoms with Gasteiger partial charge in [0, 0.05) is 41.2 Å². The van der Waals surface area contributed by atoms with Crippen molar-refractivity contribution in [3.63, 3.8) is 0 Å². The van der Waals surface area contributed by atoms with Gasteiger partial charge in [0.2, 0.25) is 0 Å². The topological polar surface area (TPSA) is 72.0 Å². The molecule has 1 aromatic carbocycles. The Morgan fingerprint density at radius 3 is 2.58 bits per heavy atom. The van der Waals surface area contributed by atoms with E-state index in [4.69, 9.17) is 4.74 Å². The van der Waals surface area contributed by atoms with Crippen molar-refractivity contribution < 1.29 is 13.7 Å². The molecular weight excluding hydrogens is 428 g/mol. The summed E-state index contributed by atoms with van der Waals surface area (Å²) in [6, 6.07) is 12.6. The van der Waals surface area contributed by atoms with E-state index >= 15 is 0 Å². The van der Waals surface area contributed by atoms with Gasteiger partial charge < -0.3 is 9.72 Å². The highest BCUT2D eigenvalue weighted by Crippen LogP contribution is 2.37. The largest absolute Gasteiger partial charge is 0.381 e. The summed E-state index contributed by atoms with van der Waals surface area (Å²) in [6.07, 6.45) is 7.83. The lowest BCUT2D eigenvalue weighted by Crippen LogP contribution is -2.18. The van der Waals surface area contributed by atoms with Gasteiger partial charge >= 0.3 is 0 Å². The first-order valence-electron chi connectivity index (χ1n) is 10.9. The number of benzene rings is 1. The van der Waals surface area contributed by atoms with Gasteiger partial charge in [-0.2, -0.15) is 0 Å². The van der Waals surface area contributed by atoms with E-state index < -0.39 is 10.8 Å². The van der Waals surface area contributed by atoms with Crippen LogP contribution in [0.3, 0.4) is 0 Å². The number of H-pyrrole nitrogens is 1. The van der Waals surface area contributed by atoms with Crippen molar-refractivity contribution in [1.29, 1.82) is 0 Å². The molecule has 162 valence electrons. The second-order valence-electron chi connectivity index (χ2n) is 8.42. The molecule has 1 aliphatic carbocycles. The van der Waals surface area contributed by atoms with Gasteiger partial charge in [0.15, 0.2) is 6.29 Å². The van der Waals surface area contributed by atoms with Crippen LogP contribution in [0.4, 0.5) is 0 Å². The van der Waals surface area contributed by atoms with Crippen LogP contribution in [0.2, 0.25) is 0 Å². The molecule has 3 aromatic rings. The van der Waals surface area contributed by atoms with Gasteiger partial charge in [-0.1, -0.05) is 12.1 Å². The molecule has 2 aromatic heterocycles. The minimum Gasteiger partial charge on any atom is -0.381 e. The Morgan fingerprint density at radius 1 is 1.13 bits per heavy atom. The number of nitrogens with one attached hydrogen (secondary N) is 1. The number of aromatic nitrogens is 2. The van der Waals surface area contributed by atoms with Gasteiger partial charge in [-0.05, 0) is 67.9 Å². The van der Waals surface area contributed by atoms with Crippen LogP contribution in [0.15, 0.2) is 47.5 Å². The molecule has 0 radical (unpaired) electrons. The Bertz CT molecular complexity index is 1060. The Labute approximate surface area is 188 Å². The zero-order valence-corrected chi connectivity index (χ0v) is 18.9. The Kier molecular flexibility index (Phi) is 6.16. The summed E-state index contributed by atoms with van der Waals surface area (Å²) in [4.78, 5) is 20.5. The lowest BCUT2D eigenvalue weighted by atomic mass is 9.83. The van der Waals surface area contributed by atoms with E-state index in [1.165, 1.54) is 16.9 Å². The zero-order chi connectivity index (χ0) is 21.2. The summed E-state index contributed by atoms with van der Waals surface area (Å²) in [6.45, 7) is 1.67. The number of nitrogens with zero attached hydrogens (tertiary/aromatic N) is 1. The van der Waals surface area contributed by atoms with Crippen molar-refractivity contribution in [2.24, 2.45) is 5.92 Å². The molecule has 1 N–H and O–H groups in total. The molecule has 5 rings (SSSR count). The third-order valence-corrected chi connectivity index (χ3v) is 8.98. The fraction of sp³-hybridized carbons (Fsp3) is 0.417. The first kappa shape index (κ1) is 20.8. The number of hydrogen-bond donors (Lipinski definition) is 1. The van der Waals surface area contributed by atoms with Crippen LogP contribution < -0.4 is 0 Å². The Morgan fingerprint density at radius 2 is 1.90 bits per heavy atom. The van der Waals surface area contributed by atoms with Crippen LogP contribution >= 0.6 is 11.3 Å². The molecule has 0 spiro atoms. The average Bonchev–Trinajstić information content (AvgIpc) is 3.35. The second-order valence-corrected chi connectivity index (χ2v) is 11.2. The molecule has 1 aliphatic heterocycles. The van der Waals surface area contributed by atoms with Gasteiger partial charge in [0.25, 0.3) is 0 Å². The lowest BCUT2D eigenvalue weighted by molar-refractivity contribution is 0.0626. The maximum atomic E-state index is 12.5. The monoisotopic (exact) mass is 454 g/mol. The summed E-state index contributed by atoms with van der Waals surface area (Å²) in [5.41, 5.74) is 3.33. The van der Waals surface area contributed by atoms with Crippen molar-refractivity contribution in [3.05, 3.63) is 58.7 Å². The number of carbonyl (C=O) groups is 1. The summed E-state index contributed by atoms with van der Waals surface area (Å²) < 4.78 is 18.1. The third-order valence-electron chi connectivity index (χ3n) is 6.21. The van der Waals surface area contributed by atoms with Crippen LogP contribution in [0, 0.1) is 5.92 Å². The molecule has 2 unspecified atom stereocenters. The summed E-state index contributed by atoms with van der Waals surface area (Å²) >= 11 is 1.40. The molecular formula is C24H26N2O3S2. The van der Waals surface area contributed by atoms with Crippen molar-refractivity contribution in [3.8, 4) is 10.7 Å². The number of rotatable bonds is 8. The summed E-state index contributed by atoms with van der Waals surface area (Å²) in [7, 11) is -0.875. The maximum Gasteiger partial charge on any atom is 0.161 e. The van der Waals surface area contributed by atoms with E-state index in [0.717, 1.165) is 72.9 Å². The Hall–Kier alpha value is -2.09. The molecule has 7 heteroatoms. The standard InChI is InChI=1S/C24H26N2O3S2/c27-15-18-14-25-24(30-18)23-8-7-22(26-23)21(13-16-9-11-29-12-10-16)17-1-3-19(4-2-17)31(28)20-5-6-20/h1-4,7-8,14-16,20-21,26H,5-6,9-13H2. The number of thiazole rings is 1. The first-order valence-corrected chi connectivity index (χ1v) is 12.9. The van der Waals surface area contributed by atoms with E-state index in [0.29, 0.717) is 16.0 Å². The number of aromatic amines is 1. The maximum absolute atomic E-state index is 12.5. The quantitative estimate of drug-likeness (QED) is 0.477. The van der Waals surface area contributed by atoms with Gasteiger partial charge in [-0.15, -0.1) is 11.3 Å². The predicted molar refractivity (Wildman–Crippen MR) is 123 cm³/mol. The predicted octanol–water partition coefficient (Wildman–Crippen LogP) is 5.17. The zero-order valence-electron chi connectivity index (χ0n) is 17.3. The van der Waals surface area contributed by atoms with Crippen molar-refractivity contribution in [2.45, 2.75) is 48.2 Å². The van der Waals surface area contributed by atoms with Gasteiger partial charge in [0.05, 0.1) is 21.4 Å². The molecule has 2 fully saturated rings. The average molecular weight is 455 g/mol. The van der Waals surface area contributed by atoms with Gasteiger partial charge in [-0.25, -0.2) is 4.98 Å². The van der Waals surface area contributed by atoms with Crippen LogP contribution in [-0.2, 0) is 15.5 Å². The number of carbonyl (C=O) groups excluding carboxylic acids is 1. The molecule has 1 saturated carbocycles. The van der Waals surface area contributed by atoms with Crippen LogP contribution in [0.5, 0.6) is 0 Å². The van der Waals surface area contributed by atoms with Crippen molar-refractivity contribution >= 4 is 28.4 Å². The molecule has 0 amide bonds. The summed E-state index contributed by atoms with van der Waals surface area (Å²) in [5, 5.41) is 1.18. The molecule has 2 aliphatic rings. The number of hydrogen-bond acceptors (Lipinski definition) is 5. The highest BCUT2D eigenvalue weighted by Gasteiger charge is 2.29. The third kappa shape index (κ3) is 4.73. The second kappa shape index (κ2) is 9.18. The van der Waals surface area contributed by atoms with Crippen LogP contribution in [0.25, 0.3) is 10.7 Å². The number of ether oxygens (including phenoxy) is 1. The van der Waals surface area contributed by atoms with Crippen LogP contribution in [0.1, 0.15) is 59.0 Å². The molecule has 1 saturated heterocycles. The van der Waals surface area contributed by atoms with Crippen LogP contribution in [-0.4, -0.2) is 38.9 Å². The van der Waals surface area contributed by atoms with E-state index in [-0.39, 0.29) is 5.92 Å². The smallest absolute Gasteiger partial charge is 0.161 e. The highest BCUT2D eigenvalue weighted by atomic mass is 32.2. The van der Waals surface area contributed by atoms with Crippen molar-refractivity contribution in [2.75, 3.05) is 13.2 Å².